The van der Waals surface area contributed by atoms with Crippen LogP contribution in [0.5, 0.6) is 0 Å². The first-order valence-corrected chi connectivity index (χ1v) is 5.08. The van der Waals surface area contributed by atoms with Crippen LogP contribution >= 0.6 is 0 Å². The largest absolute Gasteiger partial charge is 0.466 e. The number of ether oxygens (including phenoxy) is 3. The second kappa shape index (κ2) is 5.98. The van der Waals surface area contributed by atoms with Crippen LogP contribution in [-0.4, -0.2) is 38.5 Å². The second-order valence-corrected chi connectivity index (χ2v) is 3.33. The van der Waals surface area contributed by atoms with Gasteiger partial charge in [-0.3, -0.25) is 4.79 Å². The summed E-state index contributed by atoms with van der Waals surface area (Å²) < 4.78 is 15.6. The minimum absolute atomic E-state index is 0.0353. The molecule has 1 aliphatic rings. The molecule has 0 aliphatic carbocycles. The predicted octanol–water partition coefficient (Wildman–Crippen LogP) is 1.13. The van der Waals surface area contributed by atoms with Gasteiger partial charge in [0.05, 0.1) is 25.2 Å². The molecule has 0 N–H and O–H groups in total. The van der Waals surface area contributed by atoms with Crippen molar-refractivity contribution >= 4 is 5.97 Å². The molecule has 1 saturated heterocycles. The topological polar surface area (TPSA) is 44.8 Å². The Hall–Kier alpha value is -0.610. The van der Waals surface area contributed by atoms with Gasteiger partial charge in [0.1, 0.15) is 0 Å². The first kappa shape index (κ1) is 11.5. The third-order valence-corrected chi connectivity index (χ3v) is 2.36. The normalized spacial score (nSPS) is 27.3. The Bertz CT molecular complexity index is 181. The van der Waals surface area contributed by atoms with Gasteiger partial charge >= 0.3 is 5.97 Å². The fraction of sp³-hybridized carbons (Fsp3) is 0.900. The number of hydrogen-bond acceptors (Lipinski definition) is 4. The van der Waals surface area contributed by atoms with Crippen molar-refractivity contribution in [2.75, 3.05) is 20.3 Å². The average Bonchev–Trinajstić information content (AvgIpc) is 2.19. The average molecular weight is 202 g/mol. The molecular formula is C10H18O4. The van der Waals surface area contributed by atoms with Gasteiger partial charge in [0.15, 0.2) is 0 Å². The Morgan fingerprint density at radius 1 is 1.57 bits per heavy atom. The second-order valence-electron chi connectivity index (χ2n) is 3.33. The predicted molar refractivity (Wildman–Crippen MR) is 51.0 cm³/mol. The van der Waals surface area contributed by atoms with Gasteiger partial charge in [0, 0.05) is 13.7 Å². The van der Waals surface area contributed by atoms with E-state index in [9.17, 15) is 4.79 Å². The Morgan fingerprint density at radius 3 is 3.00 bits per heavy atom. The van der Waals surface area contributed by atoms with E-state index in [1.807, 2.05) is 0 Å². The summed E-state index contributed by atoms with van der Waals surface area (Å²) in [5, 5.41) is 0. The van der Waals surface area contributed by atoms with E-state index < -0.39 is 0 Å². The Morgan fingerprint density at radius 2 is 2.36 bits per heavy atom. The molecule has 14 heavy (non-hydrogen) atoms. The molecule has 82 valence electrons. The molecule has 1 heterocycles. The third kappa shape index (κ3) is 3.27. The molecule has 1 rings (SSSR count). The zero-order valence-electron chi connectivity index (χ0n) is 8.82. The van der Waals surface area contributed by atoms with E-state index in [0.29, 0.717) is 19.6 Å². The van der Waals surface area contributed by atoms with Crippen LogP contribution in [0.15, 0.2) is 0 Å². The molecule has 0 aromatic rings. The third-order valence-electron chi connectivity index (χ3n) is 2.36. The maximum absolute atomic E-state index is 11.2. The van der Waals surface area contributed by atoms with Crippen LogP contribution in [0.4, 0.5) is 0 Å². The lowest BCUT2D eigenvalue weighted by Crippen LogP contribution is -2.37. The smallest absolute Gasteiger partial charge is 0.308 e. The van der Waals surface area contributed by atoms with E-state index in [1.54, 1.807) is 14.0 Å². The summed E-state index contributed by atoms with van der Waals surface area (Å²) in [6.07, 6.45) is 2.16. The molecule has 0 radical (unpaired) electrons. The molecule has 0 unspecified atom stereocenters. The molecule has 0 saturated carbocycles. The van der Waals surface area contributed by atoms with Crippen LogP contribution in [0.1, 0.15) is 26.2 Å². The van der Waals surface area contributed by atoms with E-state index in [4.69, 9.17) is 14.2 Å². The lowest BCUT2D eigenvalue weighted by Gasteiger charge is -2.29. The van der Waals surface area contributed by atoms with E-state index in [1.165, 1.54) is 0 Å². The molecule has 2 atom stereocenters. The van der Waals surface area contributed by atoms with E-state index >= 15 is 0 Å². The van der Waals surface area contributed by atoms with Gasteiger partial charge in [-0.25, -0.2) is 0 Å². The molecule has 0 aromatic heterocycles. The SMILES string of the molecule is CCOC(=O)C[C@H]1OCCC[C@H]1OC. The first-order chi connectivity index (χ1) is 6.77. The van der Waals surface area contributed by atoms with Crippen molar-refractivity contribution in [3.8, 4) is 0 Å². The van der Waals surface area contributed by atoms with Crippen molar-refractivity contribution in [1.29, 1.82) is 0 Å². The summed E-state index contributed by atoms with van der Waals surface area (Å²) in [4.78, 5) is 11.2. The Balaban J connectivity index is 2.36. The number of rotatable bonds is 4. The molecule has 4 heteroatoms. The zero-order valence-corrected chi connectivity index (χ0v) is 8.82. The maximum Gasteiger partial charge on any atom is 0.308 e. The number of hydrogen-bond donors (Lipinski definition) is 0. The lowest BCUT2D eigenvalue weighted by molar-refractivity contribution is -0.153. The maximum atomic E-state index is 11.2. The molecule has 4 nitrogen and oxygen atoms in total. The van der Waals surface area contributed by atoms with Gasteiger partial charge < -0.3 is 14.2 Å². The fourth-order valence-electron chi connectivity index (χ4n) is 1.66. The monoisotopic (exact) mass is 202 g/mol. The Kier molecular flexibility index (Phi) is 4.90. The molecule has 0 aromatic carbocycles. The van der Waals surface area contributed by atoms with Crippen LogP contribution in [-0.2, 0) is 19.0 Å². The number of methoxy groups -OCH3 is 1. The van der Waals surface area contributed by atoms with Crippen LogP contribution in [0, 0.1) is 0 Å². The van der Waals surface area contributed by atoms with Crippen LogP contribution in [0.2, 0.25) is 0 Å². The first-order valence-electron chi connectivity index (χ1n) is 5.08. The van der Waals surface area contributed by atoms with Crippen molar-refractivity contribution in [3.05, 3.63) is 0 Å². The summed E-state index contributed by atoms with van der Waals surface area (Å²) in [7, 11) is 1.65. The van der Waals surface area contributed by atoms with Gasteiger partial charge in [-0.2, -0.15) is 0 Å². The van der Waals surface area contributed by atoms with Gasteiger partial charge in [-0.05, 0) is 19.8 Å². The minimum Gasteiger partial charge on any atom is -0.466 e. The van der Waals surface area contributed by atoms with Crippen molar-refractivity contribution < 1.29 is 19.0 Å². The summed E-state index contributed by atoms with van der Waals surface area (Å²) in [5.41, 5.74) is 0. The number of esters is 1. The van der Waals surface area contributed by atoms with E-state index in [2.05, 4.69) is 0 Å². The molecule has 0 amide bonds. The molecule has 1 aliphatic heterocycles. The summed E-state index contributed by atoms with van der Waals surface area (Å²) >= 11 is 0. The highest BCUT2D eigenvalue weighted by atomic mass is 16.6. The van der Waals surface area contributed by atoms with E-state index in [0.717, 1.165) is 12.8 Å². The highest BCUT2D eigenvalue weighted by Gasteiger charge is 2.28. The lowest BCUT2D eigenvalue weighted by atomic mass is 10.0. The highest BCUT2D eigenvalue weighted by Crippen LogP contribution is 2.19. The van der Waals surface area contributed by atoms with Gasteiger partial charge in [-0.15, -0.1) is 0 Å². The summed E-state index contributed by atoms with van der Waals surface area (Å²) in [6, 6.07) is 0. The van der Waals surface area contributed by atoms with Crippen LogP contribution in [0.25, 0.3) is 0 Å². The van der Waals surface area contributed by atoms with Gasteiger partial charge in [0.2, 0.25) is 0 Å². The molecule has 0 spiro atoms. The van der Waals surface area contributed by atoms with Crippen LogP contribution < -0.4 is 0 Å². The van der Waals surface area contributed by atoms with Crippen molar-refractivity contribution in [2.45, 2.75) is 38.4 Å². The Labute approximate surface area is 84.5 Å². The van der Waals surface area contributed by atoms with Crippen molar-refractivity contribution in [2.24, 2.45) is 0 Å². The van der Waals surface area contributed by atoms with Gasteiger partial charge in [0.25, 0.3) is 0 Å². The number of carbonyl (C=O) groups excluding carboxylic acids is 1. The molecular weight excluding hydrogens is 184 g/mol. The van der Waals surface area contributed by atoms with Crippen molar-refractivity contribution in [1.82, 2.24) is 0 Å². The summed E-state index contributed by atoms with van der Waals surface area (Å²) in [5.74, 6) is -0.207. The highest BCUT2D eigenvalue weighted by molar-refractivity contribution is 5.70. The standard InChI is InChI=1S/C10H18O4/c1-3-13-10(11)7-9-8(12-2)5-4-6-14-9/h8-9H,3-7H2,1-2H3/t8-,9-/m1/s1. The zero-order chi connectivity index (χ0) is 10.4. The van der Waals surface area contributed by atoms with Crippen LogP contribution in [0.3, 0.4) is 0 Å². The fourth-order valence-corrected chi connectivity index (χ4v) is 1.66. The van der Waals surface area contributed by atoms with Gasteiger partial charge in [-0.1, -0.05) is 0 Å². The molecule has 0 bridgehead atoms. The van der Waals surface area contributed by atoms with Crippen molar-refractivity contribution in [3.63, 3.8) is 0 Å². The quantitative estimate of drug-likeness (QED) is 0.641. The number of carbonyl (C=O) groups is 1. The summed E-state index contributed by atoms with van der Waals surface area (Å²) in [6.45, 7) is 2.93. The molecule has 1 fully saturated rings. The minimum atomic E-state index is -0.207. The van der Waals surface area contributed by atoms with E-state index in [-0.39, 0.29) is 18.2 Å².